The predicted molar refractivity (Wildman–Crippen MR) is 93.8 cm³/mol. The van der Waals surface area contributed by atoms with Gasteiger partial charge in [0.25, 0.3) is 0 Å². The van der Waals surface area contributed by atoms with Gasteiger partial charge in [0.05, 0.1) is 0 Å². The minimum Gasteiger partial charge on any atom is -0.297 e. The fourth-order valence-electron chi connectivity index (χ4n) is 3.58. The molecule has 0 amide bonds. The number of nitrogens with zero attached hydrogens (tertiary/aromatic N) is 1. The molecule has 2 aliphatic carbocycles. The van der Waals surface area contributed by atoms with Gasteiger partial charge in [0.2, 0.25) is 0 Å². The quantitative estimate of drug-likeness (QED) is 0.358. The van der Waals surface area contributed by atoms with Gasteiger partial charge in [-0.25, -0.2) is 0 Å². The van der Waals surface area contributed by atoms with Crippen LogP contribution in [0.2, 0.25) is 0 Å². The van der Waals surface area contributed by atoms with Crippen molar-refractivity contribution in [3.63, 3.8) is 0 Å². The average molecular weight is 290 g/mol. The first kappa shape index (κ1) is 16.8. The van der Waals surface area contributed by atoms with Crippen LogP contribution in [0.15, 0.2) is 16.6 Å². The molecule has 2 saturated carbocycles. The van der Waals surface area contributed by atoms with Gasteiger partial charge in [0.1, 0.15) is 0 Å². The summed E-state index contributed by atoms with van der Waals surface area (Å²) in [6, 6.07) is 0. The second-order valence-electron chi connectivity index (χ2n) is 7.91. The SMILES string of the molecule is CC=C(CC(C)CCC)CC(CN=CC1C2CC12)C(C)C. The van der Waals surface area contributed by atoms with Crippen LogP contribution < -0.4 is 0 Å². The third kappa shape index (κ3) is 4.97. The Labute approximate surface area is 132 Å². The number of hydrogen-bond donors (Lipinski definition) is 0. The highest BCUT2D eigenvalue weighted by atomic mass is 14.8. The molecule has 4 unspecified atom stereocenters. The van der Waals surface area contributed by atoms with Crippen LogP contribution in [0.25, 0.3) is 0 Å². The van der Waals surface area contributed by atoms with Crippen LogP contribution >= 0.6 is 0 Å². The van der Waals surface area contributed by atoms with E-state index in [0.717, 1.165) is 42.1 Å². The molecule has 0 aromatic rings. The molecular weight excluding hydrogens is 254 g/mol. The largest absolute Gasteiger partial charge is 0.297 e. The summed E-state index contributed by atoms with van der Waals surface area (Å²) in [7, 11) is 0. The van der Waals surface area contributed by atoms with Crippen molar-refractivity contribution in [1.82, 2.24) is 0 Å². The molecule has 0 radical (unpaired) electrons. The Morgan fingerprint density at radius 1 is 1.19 bits per heavy atom. The summed E-state index contributed by atoms with van der Waals surface area (Å²) >= 11 is 0. The Hall–Kier alpha value is -0.590. The summed E-state index contributed by atoms with van der Waals surface area (Å²) < 4.78 is 0. The van der Waals surface area contributed by atoms with E-state index >= 15 is 0 Å². The lowest BCUT2D eigenvalue weighted by Gasteiger charge is -2.22. The van der Waals surface area contributed by atoms with Crippen molar-refractivity contribution in [1.29, 1.82) is 0 Å². The maximum atomic E-state index is 4.79. The molecule has 120 valence electrons. The van der Waals surface area contributed by atoms with E-state index in [4.69, 9.17) is 4.99 Å². The summed E-state index contributed by atoms with van der Waals surface area (Å²) in [5.74, 6) is 5.25. The second kappa shape index (κ2) is 7.61. The van der Waals surface area contributed by atoms with E-state index in [2.05, 4.69) is 46.9 Å². The molecule has 0 aromatic carbocycles. The molecule has 0 spiro atoms. The Balaban J connectivity index is 1.77. The van der Waals surface area contributed by atoms with Crippen molar-refractivity contribution in [2.75, 3.05) is 6.54 Å². The molecule has 0 saturated heterocycles. The molecule has 2 aliphatic rings. The molecule has 0 bridgehead atoms. The molecule has 0 aromatic heterocycles. The second-order valence-corrected chi connectivity index (χ2v) is 7.91. The van der Waals surface area contributed by atoms with E-state index in [1.807, 2.05) is 0 Å². The third-order valence-electron chi connectivity index (χ3n) is 5.62. The van der Waals surface area contributed by atoms with Crippen LogP contribution in [0.3, 0.4) is 0 Å². The van der Waals surface area contributed by atoms with E-state index in [9.17, 15) is 0 Å². The number of rotatable bonds is 10. The lowest BCUT2D eigenvalue weighted by atomic mass is 9.85. The number of allylic oxidation sites excluding steroid dienone is 2. The minimum atomic E-state index is 0.719. The average Bonchev–Trinajstić information content (AvgIpc) is 3.31. The van der Waals surface area contributed by atoms with Crippen LogP contribution in [-0.2, 0) is 0 Å². The van der Waals surface area contributed by atoms with Crippen molar-refractivity contribution in [3.8, 4) is 0 Å². The monoisotopic (exact) mass is 289 g/mol. The molecule has 1 nitrogen and oxygen atoms in total. The number of hydrogen-bond acceptors (Lipinski definition) is 1. The Morgan fingerprint density at radius 2 is 1.90 bits per heavy atom. The van der Waals surface area contributed by atoms with Crippen molar-refractivity contribution in [2.45, 2.75) is 66.7 Å². The van der Waals surface area contributed by atoms with Gasteiger partial charge in [-0.1, -0.05) is 52.2 Å². The van der Waals surface area contributed by atoms with Gasteiger partial charge in [-0.05, 0) is 55.8 Å². The van der Waals surface area contributed by atoms with E-state index < -0.39 is 0 Å². The Morgan fingerprint density at radius 3 is 2.38 bits per heavy atom. The Bertz CT molecular complexity index is 371. The molecule has 1 heteroatoms. The molecule has 0 aliphatic heterocycles. The van der Waals surface area contributed by atoms with Crippen LogP contribution in [0.1, 0.15) is 66.7 Å². The predicted octanol–water partition coefficient (Wildman–Crippen LogP) is 5.76. The van der Waals surface area contributed by atoms with Crippen molar-refractivity contribution < 1.29 is 0 Å². The highest BCUT2D eigenvalue weighted by Crippen LogP contribution is 2.67. The van der Waals surface area contributed by atoms with Gasteiger partial charge in [-0.2, -0.15) is 0 Å². The molecule has 2 fully saturated rings. The molecule has 2 rings (SSSR count). The summed E-state index contributed by atoms with van der Waals surface area (Å²) in [6.07, 6.45) is 11.3. The summed E-state index contributed by atoms with van der Waals surface area (Å²) in [5, 5.41) is 0. The lowest BCUT2D eigenvalue weighted by molar-refractivity contribution is 0.380. The highest BCUT2D eigenvalue weighted by Gasteiger charge is 2.63. The van der Waals surface area contributed by atoms with Crippen molar-refractivity contribution >= 4 is 6.21 Å². The van der Waals surface area contributed by atoms with Crippen molar-refractivity contribution in [3.05, 3.63) is 11.6 Å². The molecule has 0 heterocycles. The smallest absolute Gasteiger partial charge is 0.0419 e. The van der Waals surface area contributed by atoms with Crippen molar-refractivity contribution in [2.24, 2.45) is 40.5 Å². The summed E-state index contributed by atoms with van der Waals surface area (Å²) in [4.78, 5) is 4.79. The van der Waals surface area contributed by atoms with Gasteiger partial charge >= 0.3 is 0 Å². The summed E-state index contributed by atoms with van der Waals surface area (Å²) in [5.41, 5.74) is 1.65. The summed E-state index contributed by atoms with van der Waals surface area (Å²) in [6.45, 7) is 12.7. The zero-order chi connectivity index (χ0) is 15.4. The zero-order valence-corrected chi connectivity index (χ0v) is 14.8. The highest BCUT2D eigenvalue weighted by molar-refractivity contribution is 5.68. The Kier molecular flexibility index (Phi) is 6.08. The van der Waals surface area contributed by atoms with Crippen LogP contribution in [0, 0.1) is 35.5 Å². The first-order valence-corrected chi connectivity index (χ1v) is 9.20. The molecular formula is C20H35N. The van der Waals surface area contributed by atoms with E-state index in [1.54, 1.807) is 5.57 Å². The van der Waals surface area contributed by atoms with Gasteiger partial charge in [0.15, 0.2) is 0 Å². The van der Waals surface area contributed by atoms with Crippen LogP contribution in [0.4, 0.5) is 0 Å². The fourth-order valence-corrected chi connectivity index (χ4v) is 3.58. The first-order valence-electron chi connectivity index (χ1n) is 9.20. The fraction of sp³-hybridized carbons (Fsp3) is 0.850. The van der Waals surface area contributed by atoms with Crippen LogP contribution in [0.5, 0.6) is 0 Å². The lowest BCUT2D eigenvalue weighted by Crippen LogP contribution is -2.15. The van der Waals surface area contributed by atoms with E-state index in [0.29, 0.717) is 0 Å². The normalized spacial score (nSPS) is 30.6. The number of fused-ring (bicyclic) bond motifs is 1. The third-order valence-corrected chi connectivity index (χ3v) is 5.62. The number of aliphatic imine (C=N–C) groups is 1. The van der Waals surface area contributed by atoms with Gasteiger partial charge in [-0.15, -0.1) is 0 Å². The maximum Gasteiger partial charge on any atom is 0.0419 e. The molecule has 0 N–H and O–H groups in total. The van der Waals surface area contributed by atoms with Gasteiger partial charge in [-0.3, -0.25) is 4.99 Å². The standard InChI is InChI=1S/C20H35N/c1-6-8-15(5)9-16(7-2)10-17(14(3)4)12-21-13-20-18-11-19(18)20/h7,13-15,17-20H,6,8-12H2,1-5H3. The topological polar surface area (TPSA) is 12.4 Å². The maximum absolute atomic E-state index is 4.79. The molecule has 21 heavy (non-hydrogen) atoms. The van der Waals surface area contributed by atoms with Gasteiger partial charge < -0.3 is 0 Å². The molecule has 4 atom stereocenters. The minimum absolute atomic E-state index is 0.719. The first-order chi connectivity index (χ1) is 10.1. The van der Waals surface area contributed by atoms with Gasteiger partial charge in [0, 0.05) is 18.7 Å². The van der Waals surface area contributed by atoms with E-state index in [-0.39, 0.29) is 0 Å². The zero-order valence-electron chi connectivity index (χ0n) is 14.8. The van der Waals surface area contributed by atoms with E-state index in [1.165, 1.54) is 32.1 Å². The van der Waals surface area contributed by atoms with Crippen LogP contribution in [-0.4, -0.2) is 12.8 Å².